The normalized spacial score (nSPS) is 13.3. The Morgan fingerprint density at radius 3 is 2.32 bits per heavy atom. The third kappa shape index (κ3) is 5.68. The Morgan fingerprint density at radius 2 is 1.74 bits per heavy atom. The molecule has 0 amide bonds. The smallest absolute Gasteiger partial charge is 0.126 e. The summed E-state index contributed by atoms with van der Waals surface area (Å²) < 4.78 is 26.8. The van der Waals surface area contributed by atoms with Gasteiger partial charge < -0.3 is 5.32 Å². The van der Waals surface area contributed by atoms with Gasteiger partial charge in [-0.2, -0.15) is 0 Å². The number of rotatable bonds is 7. The first-order valence-electron chi connectivity index (χ1n) is 7.04. The molecule has 1 rings (SSSR count). The van der Waals surface area contributed by atoms with Crippen molar-refractivity contribution >= 4 is 0 Å². The third-order valence-corrected chi connectivity index (χ3v) is 3.39. The van der Waals surface area contributed by atoms with Crippen LogP contribution in [0.2, 0.25) is 0 Å². The van der Waals surface area contributed by atoms with Crippen LogP contribution in [-0.4, -0.2) is 13.1 Å². The zero-order valence-corrected chi connectivity index (χ0v) is 12.3. The van der Waals surface area contributed by atoms with Crippen molar-refractivity contribution in [3.63, 3.8) is 0 Å². The van der Waals surface area contributed by atoms with Gasteiger partial charge in [-0.25, -0.2) is 8.78 Å². The topological polar surface area (TPSA) is 12.0 Å². The van der Waals surface area contributed by atoms with Crippen molar-refractivity contribution in [3.8, 4) is 0 Å². The van der Waals surface area contributed by atoms with Crippen LogP contribution in [0.1, 0.15) is 33.3 Å². The Labute approximate surface area is 115 Å². The van der Waals surface area contributed by atoms with E-state index in [1.54, 1.807) is 0 Å². The highest BCUT2D eigenvalue weighted by atomic mass is 19.1. The molecule has 0 fully saturated rings. The van der Waals surface area contributed by atoms with Gasteiger partial charge in [0.2, 0.25) is 0 Å². The number of nitrogens with one attached hydrogen (secondary N) is 1. The monoisotopic (exact) mass is 269 g/mol. The summed E-state index contributed by atoms with van der Waals surface area (Å²) in [6.07, 6.45) is 0.576. The summed E-state index contributed by atoms with van der Waals surface area (Å²) in [5.41, 5.74) is 0.477. The molecular formula is C16H25F2N. The summed E-state index contributed by atoms with van der Waals surface area (Å²) in [6.45, 7) is 10.4. The van der Waals surface area contributed by atoms with Gasteiger partial charge in [-0.1, -0.05) is 27.7 Å². The zero-order chi connectivity index (χ0) is 14.4. The van der Waals surface area contributed by atoms with Crippen LogP contribution in [0.25, 0.3) is 0 Å². The minimum atomic E-state index is -0.367. The molecule has 1 aromatic carbocycles. The maximum atomic E-state index is 13.7. The first-order chi connectivity index (χ1) is 8.90. The predicted octanol–water partition coefficient (Wildman–Crippen LogP) is 4.03. The standard InChI is InChI=1S/C16H25F2N/c1-11(2)9-19-10-14(12(3)4)7-13-8-15(17)5-6-16(13)18/h5-6,8,11-12,14,19H,7,9-10H2,1-4H3. The molecule has 19 heavy (non-hydrogen) atoms. The maximum absolute atomic E-state index is 13.7. The lowest BCUT2D eigenvalue weighted by Crippen LogP contribution is -2.30. The van der Waals surface area contributed by atoms with Crippen LogP contribution in [0.3, 0.4) is 0 Å². The van der Waals surface area contributed by atoms with Crippen LogP contribution < -0.4 is 5.32 Å². The summed E-state index contributed by atoms with van der Waals surface area (Å²) in [7, 11) is 0. The largest absolute Gasteiger partial charge is 0.316 e. The number of benzene rings is 1. The molecule has 0 aromatic heterocycles. The number of hydrogen-bond donors (Lipinski definition) is 1. The molecule has 108 valence electrons. The lowest BCUT2D eigenvalue weighted by atomic mass is 9.89. The van der Waals surface area contributed by atoms with E-state index in [2.05, 4.69) is 33.0 Å². The highest BCUT2D eigenvalue weighted by Crippen LogP contribution is 2.19. The van der Waals surface area contributed by atoms with Crippen molar-refractivity contribution in [1.82, 2.24) is 5.32 Å². The molecule has 1 nitrogen and oxygen atoms in total. The van der Waals surface area contributed by atoms with Crippen molar-refractivity contribution in [2.75, 3.05) is 13.1 Å². The van der Waals surface area contributed by atoms with Gasteiger partial charge in [-0.3, -0.25) is 0 Å². The van der Waals surface area contributed by atoms with Crippen molar-refractivity contribution in [3.05, 3.63) is 35.4 Å². The quantitative estimate of drug-likeness (QED) is 0.788. The Hall–Kier alpha value is -0.960. The van der Waals surface area contributed by atoms with Gasteiger partial charge in [0, 0.05) is 0 Å². The molecule has 0 aliphatic rings. The summed E-state index contributed by atoms with van der Waals surface area (Å²) in [5.74, 6) is 0.668. The van der Waals surface area contributed by atoms with E-state index in [4.69, 9.17) is 0 Å². The first-order valence-corrected chi connectivity index (χ1v) is 7.04. The molecule has 3 heteroatoms. The van der Waals surface area contributed by atoms with Gasteiger partial charge in [0.1, 0.15) is 11.6 Å². The van der Waals surface area contributed by atoms with Gasteiger partial charge in [0.15, 0.2) is 0 Å². The predicted molar refractivity (Wildman–Crippen MR) is 76.1 cm³/mol. The molecule has 1 atom stereocenters. The average molecular weight is 269 g/mol. The van der Waals surface area contributed by atoms with E-state index in [-0.39, 0.29) is 11.6 Å². The summed E-state index contributed by atoms with van der Waals surface area (Å²) >= 11 is 0. The minimum Gasteiger partial charge on any atom is -0.316 e. The molecule has 1 aromatic rings. The van der Waals surface area contributed by atoms with Gasteiger partial charge in [-0.15, -0.1) is 0 Å². The lowest BCUT2D eigenvalue weighted by Gasteiger charge is -2.22. The van der Waals surface area contributed by atoms with Crippen molar-refractivity contribution in [2.45, 2.75) is 34.1 Å². The van der Waals surface area contributed by atoms with E-state index in [0.717, 1.165) is 13.1 Å². The van der Waals surface area contributed by atoms with Crippen LogP contribution >= 0.6 is 0 Å². The van der Waals surface area contributed by atoms with Gasteiger partial charge in [0.05, 0.1) is 0 Å². The lowest BCUT2D eigenvalue weighted by molar-refractivity contribution is 0.348. The average Bonchev–Trinajstić information content (AvgIpc) is 2.31. The molecule has 0 aliphatic heterocycles. The molecule has 0 spiro atoms. The Kier molecular flexibility index (Phi) is 6.43. The van der Waals surface area contributed by atoms with Crippen LogP contribution in [0, 0.1) is 29.4 Å². The van der Waals surface area contributed by atoms with E-state index in [9.17, 15) is 8.78 Å². The number of hydrogen-bond acceptors (Lipinski definition) is 1. The van der Waals surface area contributed by atoms with Crippen molar-refractivity contribution in [1.29, 1.82) is 0 Å². The molecule has 0 saturated heterocycles. The van der Waals surface area contributed by atoms with Crippen LogP contribution in [0.4, 0.5) is 8.78 Å². The van der Waals surface area contributed by atoms with Crippen molar-refractivity contribution in [2.24, 2.45) is 17.8 Å². The zero-order valence-electron chi connectivity index (χ0n) is 12.3. The van der Waals surface area contributed by atoms with E-state index in [1.807, 2.05) is 0 Å². The highest BCUT2D eigenvalue weighted by molar-refractivity contribution is 5.19. The highest BCUT2D eigenvalue weighted by Gasteiger charge is 2.16. The minimum absolute atomic E-state index is 0.309. The molecular weight excluding hydrogens is 244 g/mol. The molecule has 1 unspecified atom stereocenters. The van der Waals surface area contributed by atoms with Crippen LogP contribution in [-0.2, 0) is 6.42 Å². The van der Waals surface area contributed by atoms with E-state index in [1.165, 1.54) is 18.2 Å². The molecule has 1 N–H and O–H groups in total. The first kappa shape index (κ1) is 16.1. The summed E-state index contributed by atoms with van der Waals surface area (Å²) in [6, 6.07) is 3.69. The second-order valence-corrected chi connectivity index (χ2v) is 6.00. The second kappa shape index (κ2) is 7.59. The van der Waals surface area contributed by atoms with Gasteiger partial charge >= 0.3 is 0 Å². The van der Waals surface area contributed by atoms with Gasteiger partial charge in [-0.05, 0) is 61.0 Å². The maximum Gasteiger partial charge on any atom is 0.126 e. The second-order valence-electron chi connectivity index (χ2n) is 6.00. The fourth-order valence-corrected chi connectivity index (χ4v) is 2.08. The molecule has 0 aliphatic carbocycles. The van der Waals surface area contributed by atoms with Crippen molar-refractivity contribution < 1.29 is 8.78 Å². The SMILES string of the molecule is CC(C)CNCC(Cc1cc(F)ccc1F)C(C)C. The third-order valence-electron chi connectivity index (χ3n) is 3.39. The molecule has 0 radical (unpaired) electrons. The van der Waals surface area contributed by atoms with Crippen LogP contribution in [0.15, 0.2) is 18.2 Å². The van der Waals surface area contributed by atoms with Gasteiger partial charge in [0.25, 0.3) is 0 Å². The Balaban J connectivity index is 2.64. The number of halogens is 2. The molecule has 0 bridgehead atoms. The van der Waals surface area contributed by atoms with E-state index in [0.29, 0.717) is 29.7 Å². The Morgan fingerprint density at radius 1 is 1.05 bits per heavy atom. The fourth-order valence-electron chi connectivity index (χ4n) is 2.08. The molecule has 0 saturated carbocycles. The Bertz CT molecular complexity index is 388. The van der Waals surface area contributed by atoms with E-state index < -0.39 is 0 Å². The molecule has 0 heterocycles. The summed E-state index contributed by atoms with van der Waals surface area (Å²) in [5, 5.41) is 3.40. The fraction of sp³-hybridized carbons (Fsp3) is 0.625. The van der Waals surface area contributed by atoms with Crippen LogP contribution in [0.5, 0.6) is 0 Å². The van der Waals surface area contributed by atoms with E-state index >= 15 is 0 Å². The summed E-state index contributed by atoms with van der Waals surface area (Å²) in [4.78, 5) is 0.